The van der Waals surface area contributed by atoms with E-state index in [1.807, 2.05) is 24.3 Å². The lowest BCUT2D eigenvalue weighted by atomic mass is 9.48. The van der Waals surface area contributed by atoms with Gasteiger partial charge in [-0.3, -0.25) is 9.59 Å². The van der Waals surface area contributed by atoms with E-state index in [9.17, 15) is 19.5 Å². The molecule has 7 rings (SSSR count). The Bertz CT molecular complexity index is 1260. The molecule has 1 heterocycles. The van der Waals surface area contributed by atoms with E-state index in [0.717, 1.165) is 22.3 Å². The highest BCUT2D eigenvalue weighted by Gasteiger charge is 2.66. The summed E-state index contributed by atoms with van der Waals surface area (Å²) >= 11 is 0. The van der Waals surface area contributed by atoms with E-state index in [1.54, 1.807) is 12.1 Å². The predicted molar refractivity (Wildman–Crippen MR) is 114 cm³/mol. The van der Waals surface area contributed by atoms with Crippen molar-refractivity contribution in [1.29, 1.82) is 0 Å². The molecule has 31 heavy (non-hydrogen) atoms. The molecule has 0 spiro atoms. The van der Waals surface area contributed by atoms with Gasteiger partial charge in [0.1, 0.15) is 0 Å². The van der Waals surface area contributed by atoms with Crippen molar-refractivity contribution in [2.45, 2.75) is 18.3 Å². The minimum absolute atomic E-state index is 0.0497. The highest BCUT2D eigenvalue weighted by atomic mass is 16.4. The van der Waals surface area contributed by atoms with Gasteiger partial charge in [0, 0.05) is 11.3 Å². The van der Waals surface area contributed by atoms with Crippen molar-refractivity contribution in [3.63, 3.8) is 0 Å². The van der Waals surface area contributed by atoms with Crippen LogP contribution in [-0.4, -0.2) is 22.9 Å². The Morgan fingerprint density at radius 3 is 2.10 bits per heavy atom. The molecule has 1 aliphatic heterocycles. The van der Waals surface area contributed by atoms with E-state index >= 15 is 0 Å². The predicted octanol–water partition coefficient (Wildman–Crippen LogP) is 3.96. The molecule has 0 aromatic heterocycles. The van der Waals surface area contributed by atoms with E-state index in [0.29, 0.717) is 5.69 Å². The van der Waals surface area contributed by atoms with Crippen molar-refractivity contribution in [2.24, 2.45) is 11.8 Å². The number of rotatable bonds is 2. The van der Waals surface area contributed by atoms with Crippen LogP contribution in [0.4, 0.5) is 5.69 Å². The summed E-state index contributed by atoms with van der Waals surface area (Å²) in [6, 6.07) is 22.3. The molecule has 1 fully saturated rings. The summed E-state index contributed by atoms with van der Waals surface area (Å²) in [5.41, 5.74) is 4.15. The van der Waals surface area contributed by atoms with E-state index in [1.165, 1.54) is 17.0 Å². The Labute approximate surface area is 178 Å². The largest absolute Gasteiger partial charge is 0.478 e. The van der Waals surface area contributed by atoms with Crippen LogP contribution in [0.25, 0.3) is 0 Å². The first kappa shape index (κ1) is 18.1. The average molecular weight is 409 g/mol. The number of benzene rings is 3. The molecule has 3 aliphatic carbocycles. The van der Waals surface area contributed by atoms with Gasteiger partial charge in [0.25, 0.3) is 0 Å². The Balaban J connectivity index is 1.58. The van der Waals surface area contributed by atoms with Crippen LogP contribution in [0.5, 0.6) is 0 Å². The fourth-order valence-electron chi connectivity index (χ4n) is 6.18. The van der Waals surface area contributed by atoms with Gasteiger partial charge < -0.3 is 5.11 Å². The van der Waals surface area contributed by atoms with Crippen molar-refractivity contribution < 1.29 is 19.5 Å². The summed E-state index contributed by atoms with van der Waals surface area (Å²) in [5.74, 6) is -2.82. The number of amides is 2. The second kappa shape index (κ2) is 5.91. The highest BCUT2D eigenvalue weighted by Crippen LogP contribution is 2.64. The molecular formula is C26H19NO4. The summed E-state index contributed by atoms with van der Waals surface area (Å²) in [6.07, 6.45) is 0. The van der Waals surface area contributed by atoms with E-state index in [-0.39, 0.29) is 23.3 Å². The van der Waals surface area contributed by atoms with Gasteiger partial charge in [0.2, 0.25) is 11.8 Å². The number of nitrogens with zero attached hydrogens (tertiary/aromatic N) is 1. The van der Waals surface area contributed by atoms with Gasteiger partial charge in [-0.25, -0.2) is 9.69 Å². The molecular weight excluding hydrogens is 390 g/mol. The first-order valence-corrected chi connectivity index (χ1v) is 10.3. The van der Waals surface area contributed by atoms with Crippen molar-refractivity contribution in [1.82, 2.24) is 0 Å². The monoisotopic (exact) mass is 409 g/mol. The number of carboxylic acid groups (broad SMARTS) is 1. The van der Waals surface area contributed by atoms with Gasteiger partial charge >= 0.3 is 5.97 Å². The fraction of sp³-hybridized carbons (Fsp3) is 0.192. The number of carbonyl (C=O) groups is 3. The van der Waals surface area contributed by atoms with Crippen LogP contribution >= 0.6 is 0 Å². The fourth-order valence-corrected chi connectivity index (χ4v) is 6.18. The van der Waals surface area contributed by atoms with Crippen LogP contribution in [0.3, 0.4) is 0 Å². The van der Waals surface area contributed by atoms with Crippen LogP contribution in [0.2, 0.25) is 0 Å². The van der Waals surface area contributed by atoms with Gasteiger partial charge in [-0.15, -0.1) is 0 Å². The molecule has 1 saturated heterocycles. The minimum Gasteiger partial charge on any atom is -0.478 e. The Morgan fingerprint density at radius 1 is 0.871 bits per heavy atom. The third-order valence-corrected chi connectivity index (χ3v) is 7.39. The van der Waals surface area contributed by atoms with Gasteiger partial charge in [-0.2, -0.15) is 0 Å². The smallest absolute Gasteiger partial charge is 0.335 e. The number of aromatic carboxylic acids is 1. The third kappa shape index (κ3) is 2.08. The summed E-state index contributed by atoms with van der Waals surface area (Å²) in [4.78, 5) is 40.2. The zero-order chi connectivity index (χ0) is 21.5. The zero-order valence-electron chi connectivity index (χ0n) is 16.8. The van der Waals surface area contributed by atoms with Crippen molar-refractivity contribution in [3.8, 4) is 0 Å². The standard InChI is InChI=1S/C26H19NO4/c1-26-18-11-4-2-9-16(18)20(17-10-3-5-12-19(17)26)21-22(26)24(29)27(23(21)28)15-8-6-7-14(13-15)25(30)31/h2-13,20-22H,1H3,(H,30,31)/t20?,21-,22+,26?/m1/s1. The maximum Gasteiger partial charge on any atom is 0.335 e. The van der Waals surface area contributed by atoms with Crippen molar-refractivity contribution >= 4 is 23.5 Å². The van der Waals surface area contributed by atoms with Crippen LogP contribution in [0, 0.1) is 11.8 Å². The molecule has 152 valence electrons. The maximum atomic E-state index is 13.8. The molecule has 2 amide bonds. The number of carboxylic acids is 1. The molecule has 0 unspecified atom stereocenters. The lowest BCUT2D eigenvalue weighted by Gasteiger charge is -2.52. The number of anilines is 1. The SMILES string of the molecule is CC12c3ccccc3C(c3ccccc31)[C@H]1C(=O)N(c3cccc(C(=O)O)c3)C(=O)[C@H]12. The highest BCUT2D eigenvalue weighted by molar-refractivity contribution is 6.24. The van der Waals surface area contributed by atoms with E-state index < -0.39 is 23.2 Å². The molecule has 0 radical (unpaired) electrons. The Hall–Kier alpha value is -3.73. The molecule has 1 N–H and O–H groups in total. The third-order valence-electron chi connectivity index (χ3n) is 7.39. The minimum atomic E-state index is -1.09. The van der Waals surface area contributed by atoms with Gasteiger partial charge in [-0.1, -0.05) is 61.5 Å². The number of hydrogen-bond acceptors (Lipinski definition) is 3. The summed E-state index contributed by atoms with van der Waals surface area (Å²) in [5, 5.41) is 9.37. The summed E-state index contributed by atoms with van der Waals surface area (Å²) in [7, 11) is 0. The lowest BCUT2D eigenvalue weighted by Crippen LogP contribution is -2.51. The van der Waals surface area contributed by atoms with Crippen LogP contribution in [0.15, 0.2) is 72.8 Å². The molecule has 2 atom stereocenters. The van der Waals surface area contributed by atoms with Gasteiger partial charge in [0.15, 0.2) is 0 Å². The summed E-state index contributed by atoms with van der Waals surface area (Å²) in [6.45, 7) is 2.07. The molecule has 5 heteroatoms. The molecule has 3 aromatic carbocycles. The molecule has 3 aromatic rings. The number of imide groups is 1. The quantitative estimate of drug-likeness (QED) is 0.651. The number of carbonyl (C=O) groups excluding carboxylic acids is 2. The Morgan fingerprint density at radius 2 is 1.48 bits per heavy atom. The van der Waals surface area contributed by atoms with E-state index in [4.69, 9.17) is 0 Å². The molecule has 0 saturated carbocycles. The summed E-state index contributed by atoms with van der Waals surface area (Å²) < 4.78 is 0. The van der Waals surface area contributed by atoms with Crippen LogP contribution < -0.4 is 4.90 Å². The topological polar surface area (TPSA) is 74.7 Å². The van der Waals surface area contributed by atoms with Gasteiger partial charge in [-0.05, 0) is 40.5 Å². The normalized spacial score (nSPS) is 27.6. The van der Waals surface area contributed by atoms with Crippen molar-refractivity contribution in [2.75, 3.05) is 4.90 Å². The van der Waals surface area contributed by atoms with Crippen LogP contribution in [0.1, 0.15) is 45.5 Å². The zero-order valence-corrected chi connectivity index (χ0v) is 16.8. The first-order chi connectivity index (χ1) is 14.9. The average Bonchev–Trinajstić information content (AvgIpc) is 3.06. The molecule has 2 bridgehead atoms. The van der Waals surface area contributed by atoms with Crippen molar-refractivity contribution in [3.05, 3.63) is 101 Å². The molecule has 5 nitrogen and oxygen atoms in total. The van der Waals surface area contributed by atoms with Crippen LogP contribution in [-0.2, 0) is 15.0 Å². The van der Waals surface area contributed by atoms with Gasteiger partial charge in [0.05, 0.1) is 23.1 Å². The second-order valence-corrected chi connectivity index (χ2v) is 8.73. The Kier molecular flexibility index (Phi) is 3.45. The lowest BCUT2D eigenvalue weighted by molar-refractivity contribution is -0.123. The first-order valence-electron chi connectivity index (χ1n) is 10.3. The van der Waals surface area contributed by atoms with E-state index in [2.05, 4.69) is 31.2 Å². The second-order valence-electron chi connectivity index (χ2n) is 8.73. The maximum absolute atomic E-state index is 13.8. The number of hydrogen-bond donors (Lipinski definition) is 1. The molecule has 4 aliphatic rings.